The molecule has 162 valence electrons. The fourth-order valence-corrected chi connectivity index (χ4v) is 4.08. The van der Waals surface area contributed by atoms with Gasteiger partial charge in [-0.25, -0.2) is 0 Å². The highest BCUT2D eigenvalue weighted by atomic mass is 16.2. The highest BCUT2D eigenvalue weighted by Crippen LogP contribution is 2.23. The Morgan fingerprint density at radius 3 is 2.20 bits per heavy atom. The van der Waals surface area contributed by atoms with E-state index in [0.717, 1.165) is 63.5 Å². The van der Waals surface area contributed by atoms with Gasteiger partial charge in [-0.1, -0.05) is 56.3 Å². The molecular weight excluding hydrogens is 372 g/mol. The Morgan fingerprint density at radius 1 is 0.967 bits per heavy atom. The van der Waals surface area contributed by atoms with Crippen molar-refractivity contribution in [1.82, 2.24) is 14.7 Å². The minimum Gasteiger partial charge on any atom is -0.324 e. The molecule has 0 saturated carbocycles. The Balaban J connectivity index is 1.59. The Hall–Kier alpha value is -2.21. The van der Waals surface area contributed by atoms with Gasteiger partial charge in [-0.15, -0.1) is 0 Å². The maximum absolute atomic E-state index is 13.2. The first-order valence-electron chi connectivity index (χ1n) is 11.2. The van der Waals surface area contributed by atoms with Gasteiger partial charge in [0.15, 0.2) is 0 Å². The van der Waals surface area contributed by atoms with Gasteiger partial charge >= 0.3 is 0 Å². The molecule has 1 heterocycles. The third-order valence-corrected chi connectivity index (χ3v) is 6.08. The second kappa shape index (κ2) is 11.3. The van der Waals surface area contributed by atoms with E-state index in [1.807, 2.05) is 42.5 Å². The highest BCUT2D eigenvalue weighted by molar-refractivity contribution is 5.95. The number of carbonyl (C=O) groups excluding carboxylic acids is 1. The van der Waals surface area contributed by atoms with E-state index in [1.165, 1.54) is 5.56 Å². The van der Waals surface area contributed by atoms with Gasteiger partial charge in [0.1, 0.15) is 6.04 Å². The average Bonchev–Trinajstić information content (AvgIpc) is 2.78. The molecule has 0 radical (unpaired) electrons. The second-order valence-electron chi connectivity index (χ2n) is 8.12. The molecule has 5 heteroatoms. The van der Waals surface area contributed by atoms with Crippen molar-refractivity contribution in [2.24, 2.45) is 0 Å². The monoisotopic (exact) mass is 408 g/mol. The van der Waals surface area contributed by atoms with Crippen LogP contribution in [0.4, 0.5) is 5.69 Å². The van der Waals surface area contributed by atoms with Crippen LogP contribution in [0.1, 0.15) is 31.0 Å². The standard InChI is InChI=1S/C25H36N4O/c1-4-29(5-2)24(22-9-7-6-8-10-22)25(30)26-23-13-11-21(12-14-23)15-16-28-19-17-27(3)18-20-28/h6-14,24H,4-5,15-20H2,1-3H3,(H,26,30). The van der Waals surface area contributed by atoms with Gasteiger partial charge in [0.25, 0.3) is 0 Å². The summed E-state index contributed by atoms with van der Waals surface area (Å²) in [4.78, 5) is 20.3. The van der Waals surface area contributed by atoms with Gasteiger partial charge < -0.3 is 15.1 Å². The summed E-state index contributed by atoms with van der Waals surface area (Å²) in [5.41, 5.74) is 3.20. The van der Waals surface area contributed by atoms with Gasteiger partial charge in [-0.05, 0) is 49.8 Å². The molecule has 1 atom stereocenters. The molecule has 0 aliphatic carbocycles. The van der Waals surface area contributed by atoms with Crippen LogP contribution in [-0.2, 0) is 11.2 Å². The number of benzene rings is 2. The van der Waals surface area contributed by atoms with E-state index < -0.39 is 0 Å². The first-order valence-corrected chi connectivity index (χ1v) is 11.2. The van der Waals surface area contributed by atoms with E-state index in [4.69, 9.17) is 0 Å². The summed E-state index contributed by atoms with van der Waals surface area (Å²) >= 11 is 0. The van der Waals surface area contributed by atoms with Crippen LogP contribution in [0.5, 0.6) is 0 Å². The topological polar surface area (TPSA) is 38.8 Å². The fraction of sp³-hybridized carbons (Fsp3) is 0.480. The molecule has 3 rings (SSSR count). The summed E-state index contributed by atoms with van der Waals surface area (Å²) in [6.45, 7) is 11.6. The molecular formula is C25H36N4O. The van der Waals surface area contributed by atoms with E-state index in [0.29, 0.717) is 0 Å². The number of nitrogens with zero attached hydrogens (tertiary/aromatic N) is 3. The lowest BCUT2D eigenvalue weighted by molar-refractivity contribution is -0.121. The van der Waals surface area contributed by atoms with Crippen LogP contribution in [0.15, 0.2) is 54.6 Å². The lowest BCUT2D eigenvalue weighted by atomic mass is 10.0. The number of likely N-dealkylation sites (N-methyl/N-ethyl adjacent to an activating group) is 2. The van der Waals surface area contributed by atoms with Crippen LogP contribution < -0.4 is 5.32 Å². The molecule has 1 fully saturated rings. The van der Waals surface area contributed by atoms with Gasteiger partial charge in [0.2, 0.25) is 5.91 Å². The van der Waals surface area contributed by atoms with Crippen LogP contribution >= 0.6 is 0 Å². The van der Waals surface area contributed by atoms with E-state index in [-0.39, 0.29) is 11.9 Å². The highest BCUT2D eigenvalue weighted by Gasteiger charge is 2.25. The molecule has 1 aliphatic heterocycles. The number of nitrogens with one attached hydrogen (secondary N) is 1. The van der Waals surface area contributed by atoms with Crippen molar-refractivity contribution in [3.05, 3.63) is 65.7 Å². The van der Waals surface area contributed by atoms with Crippen LogP contribution in [0.25, 0.3) is 0 Å². The van der Waals surface area contributed by atoms with Crippen molar-refractivity contribution in [2.45, 2.75) is 26.3 Å². The normalized spacial score (nSPS) is 16.5. The predicted octanol–water partition coefficient (Wildman–Crippen LogP) is 3.50. The summed E-state index contributed by atoms with van der Waals surface area (Å²) in [7, 11) is 2.19. The second-order valence-corrected chi connectivity index (χ2v) is 8.12. The first kappa shape index (κ1) is 22.5. The van der Waals surface area contributed by atoms with Crippen molar-refractivity contribution in [3.8, 4) is 0 Å². The lowest BCUT2D eigenvalue weighted by Crippen LogP contribution is -2.45. The molecule has 2 aromatic carbocycles. The summed E-state index contributed by atoms with van der Waals surface area (Å²) in [5, 5.41) is 3.13. The van der Waals surface area contributed by atoms with Gasteiger partial charge in [-0.3, -0.25) is 9.69 Å². The summed E-state index contributed by atoms with van der Waals surface area (Å²) < 4.78 is 0. The average molecular weight is 409 g/mol. The molecule has 1 unspecified atom stereocenters. The van der Waals surface area contributed by atoms with Crippen molar-refractivity contribution in [1.29, 1.82) is 0 Å². The molecule has 1 N–H and O–H groups in total. The summed E-state index contributed by atoms with van der Waals surface area (Å²) in [6, 6.07) is 18.1. The molecule has 0 bridgehead atoms. The molecule has 0 aromatic heterocycles. The minimum absolute atomic E-state index is 0.0232. The van der Waals surface area contributed by atoms with E-state index >= 15 is 0 Å². The zero-order chi connectivity index (χ0) is 21.3. The van der Waals surface area contributed by atoms with Crippen LogP contribution in [0, 0.1) is 0 Å². The molecule has 0 spiro atoms. The minimum atomic E-state index is -0.280. The fourth-order valence-electron chi connectivity index (χ4n) is 4.08. The van der Waals surface area contributed by atoms with Gasteiger partial charge in [0, 0.05) is 38.4 Å². The summed E-state index contributed by atoms with van der Waals surface area (Å²) in [5.74, 6) is 0.0232. The molecule has 1 amide bonds. The number of amides is 1. The molecule has 5 nitrogen and oxygen atoms in total. The molecule has 1 saturated heterocycles. The SMILES string of the molecule is CCN(CC)C(C(=O)Nc1ccc(CCN2CCN(C)CC2)cc1)c1ccccc1. The largest absolute Gasteiger partial charge is 0.324 e. The maximum atomic E-state index is 13.2. The third-order valence-electron chi connectivity index (χ3n) is 6.08. The van der Waals surface area contributed by atoms with Crippen LogP contribution in [0.3, 0.4) is 0 Å². The van der Waals surface area contributed by atoms with Gasteiger partial charge in [-0.2, -0.15) is 0 Å². The number of rotatable bonds is 9. The van der Waals surface area contributed by atoms with Crippen molar-refractivity contribution < 1.29 is 4.79 Å². The van der Waals surface area contributed by atoms with Crippen LogP contribution in [0.2, 0.25) is 0 Å². The number of hydrogen-bond acceptors (Lipinski definition) is 4. The first-order chi connectivity index (χ1) is 14.6. The predicted molar refractivity (Wildman–Crippen MR) is 125 cm³/mol. The van der Waals surface area contributed by atoms with E-state index in [9.17, 15) is 4.79 Å². The Morgan fingerprint density at radius 2 is 1.60 bits per heavy atom. The van der Waals surface area contributed by atoms with Crippen molar-refractivity contribution in [3.63, 3.8) is 0 Å². The number of anilines is 1. The van der Waals surface area contributed by atoms with Gasteiger partial charge in [0.05, 0.1) is 0 Å². The number of hydrogen-bond donors (Lipinski definition) is 1. The molecule has 2 aromatic rings. The lowest BCUT2D eigenvalue weighted by Gasteiger charge is -2.32. The van der Waals surface area contributed by atoms with Crippen molar-refractivity contribution in [2.75, 3.05) is 58.2 Å². The Bertz CT molecular complexity index is 765. The summed E-state index contributed by atoms with van der Waals surface area (Å²) in [6.07, 6.45) is 1.05. The smallest absolute Gasteiger partial charge is 0.246 e. The molecule has 1 aliphatic rings. The third kappa shape index (κ3) is 6.14. The zero-order valence-corrected chi connectivity index (χ0v) is 18.7. The molecule has 30 heavy (non-hydrogen) atoms. The van der Waals surface area contributed by atoms with E-state index in [1.54, 1.807) is 0 Å². The maximum Gasteiger partial charge on any atom is 0.246 e. The quantitative estimate of drug-likeness (QED) is 0.689. The van der Waals surface area contributed by atoms with E-state index in [2.05, 4.69) is 53.0 Å². The van der Waals surface area contributed by atoms with Crippen molar-refractivity contribution >= 4 is 11.6 Å². The Labute approximate surface area is 181 Å². The Kier molecular flexibility index (Phi) is 8.43. The number of piperazine rings is 1. The zero-order valence-electron chi connectivity index (χ0n) is 18.7. The number of carbonyl (C=O) groups is 1. The van der Waals surface area contributed by atoms with Crippen LogP contribution in [-0.4, -0.2) is 73.5 Å².